The highest BCUT2D eigenvalue weighted by molar-refractivity contribution is 5.03. The molecule has 1 rings (SSSR count). The molecular formula is C12H24N2O. The molecule has 3 N–H and O–H groups in total. The quantitative estimate of drug-likeness (QED) is 0.403. The van der Waals surface area contributed by atoms with Crippen LogP contribution < -0.4 is 11.3 Å². The van der Waals surface area contributed by atoms with Gasteiger partial charge < -0.3 is 4.74 Å². The van der Waals surface area contributed by atoms with Crippen LogP contribution in [0.1, 0.15) is 46.0 Å². The minimum atomic E-state index is -0.0531. The van der Waals surface area contributed by atoms with E-state index in [1.807, 2.05) is 6.92 Å². The Labute approximate surface area is 93.0 Å². The topological polar surface area (TPSA) is 47.3 Å². The van der Waals surface area contributed by atoms with Gasteiger partial charge in [-0.2, -0.15) is 0 Å². The van der Waals surface area contributed by atoms with Crippen molar-refractivity contribution in [1.82, 2.24) is 5.43 Å². The second-order valence-corrected chi connectivity index (χ2v) is 4.59. The summed E-state index contributed by atoms with van der Waals surface area (Å²) in [6, 6.07) is 0.206. The van der Waals surface area contributed by atoms with Gasteiger partial charge in [0.2, 0.25) is 0 Å². The molecular weight excluding hydrogens is 188 g/mol. The van der Waals surface area contributed by atoms with Crippen LogP contribution in [-0.4, -0.2) is 18.2 Å². The van der Waals surface area contributed by atoms with Crippen molar-refractivity contribution in [2.45, 2.75) is 57.6 Å². The summed E-state index contributed by atoms with van der Waals surface area (Å²) >= 11 is 0. The molecule has 3 heteroatoms. The SMILES string of the molecule is C=C(C)CC(NN)C1(OCC)CCCC1. The van der Waals surface area contributed by atoms with Crippen molar-refractivity contribution < 1.29 is 4.74 Å². The van der Waals surface area contributed by atoms with Crippen molar-refractivity contribution in [3.63, 3.8) is 0 Å². The van der Waals surface area contributed by atoms with Crippen LogP contribution in [0, 0.1) is 0 Å². The van der Waals surface area contributed by atoms with Crippen LogP contribution in [-0.2, 0) is 4.74 Å². The fourth-order valence-corrected chi connectivity index (χ4v) is 2.60. The van der Waals surface area contributed by atoms with Crippen molar-refractivity contribution in [2.24, 2.45) is 5.84 Å². The molecule has 1 atom stereocenters. The maximum atomic E-state index is 5.96. The second-order valence-electron chi connectivity index (χ2n) is 4.59. The molecule has 0 aromatic heterocycles. The van der Waals surface area contributed by atoms with Crippen molar-refractivity contribution >= 4 is 0 Å². The monoisotopic (exact) mass is 212 g/mol. The third-order valence-corrected chi connectivity index (χ3v) is 3.27. The summed E-state index contributed by atoms with van der Waals surface area (Å²) in [5.41, 5.74) is 4.02. The minimum absolute atomic E-state index is 0.0531. The van der Waals surface area contributed by atoms with E-state index >= 15 is 0 Å². The van der Waals surface area contributed by atoms with E-state index in [1.54, 1.807) is 0 Å². The van der Waals surface area contributed by atoms with Crippen molar-refractivity contribution in [2.75, 3.05) is 6.61 Å². The Morgan fingerprint density at radius 2 is 2.13 bits per heavy atom. The Morgan fingerprint density at radius 3 is 2.53 bits per heavy atom. The summed E-state index contributed by atoms with van der Waals surface area (Å²) in [4.78, 5) is 0. The molecule has 0 aromatic rings. The third-order valence-electron chi connectivity index (χ3n) is 3.27. The zero-order valence-electron chi connectivity index (χ0n) is 10.0. The van der Waals surface area contributed by atoms with Gasteiger partial charge in [0, 0.05) is 6.61 Å². The molecule has 0 aromatic carbocycles. The van der Waals surface area contributed by atoms with Gasteiger partial charge in [-0.3, -0.25) is 11.3 Å². The number of nitrogens with one attached hydrogen (secondary N) is 1. The molecule has 1 aliphatic carbocycles. The van der Waals surface area contributed by atoms with Gasteiger partial charge in [0.1, 0.15) is 0 Å². The predicted molar refractivity (Wildman–Crippen MR) is 63.4 cm³/mol. The Kier molecular flexibility index (Phi) is 4.77. The lowest BCUT2D eigenvalue weighted by molar-refractivity contribution is -0.0613. The normalized spacial score (nSPS) is 21.5. The highest BCUT2D eigenvalue weighted by Crippen LogP contribution is 2.37. The van der Waals surface area contributed by atoms with Crippen molar-refractivity contribution in [1.29, 1.82) is 0 Å². The average Bonchev–Trinajstić information content (AvgIpc) is 2.64. The lowest BCUT2D eigenvalue weighted by Gasteiger charge is -2.37. The molecule has 0 aliphatic heterocycles. The first-order valence-electron chi connectivity index (χ1n) is 5.89. The summed E-state index contributed by atoms with van der Waals surface area (Å²) in [7, 11) is 0. The molecule has 15 heavy (non-hydrogen) atoms. The van der Waals surface area contributed by atoms with E-state index in [1.165, 1.54) is 12.8 Å². The summed E-state index contributed by atoms with van der Waals surface area (Å²) < 4.78 is 5.96. The molecule has 1 fully saturated rings. The molecule has 1 unspecified atom stereocenters. The highest BCUT2D eigenvalue weighted by Gasteiger charge is 2.41. The van der Waals surface area contributed by atoms with Gasteiger partial charge in [-0.05, 0) is 33.1 Å². The lowest BCUT2D eigenvalue weighted by Crippen LogP contribution is -2.53. The van der Waals surface area contributed by atoms with E-state index in [4.69, 9.17) is 10.6 Å². The van der Waals surface area contributed by atoms with Gasteiger partial charge in [0.15, 0.2) is 0 Å². The number of hydrazine groups is 1. The van der Waals surface area contributed by atoms with Crippen LogP contribution >= 0.6 is 0 Å². The molecule has 1 saturated carbocycles. The fourth-order valence-electron chi connectivity index (χ4n) is 2.60. The van der Waals surface area contributed by atoms with Crippen molar-refractivity contribution in [3.05, 3.63) is 12.2 Å². The van der Waals surface area contributed by atoms with E-state index in [-0.39, 0.29) is 11.6 Å². The van der Waals surface area contributed by atoms with Gasteiger partial charge >= 0.3 is 0 Å². The first-order valence-corrected chi connectivity index (χ1v) is 5.89. The molecule has 0 saturated heterocycles. The summed E-state index contributed by atoms with van der Waals surface area (Å²) in [6.45, 7) is 8.80. The highest BCUT2D eigenvalue weighted by atomic mass is 16.5. The first-order chi connectivity index (χ1) is 7.14. The van der Waals surface area contributed by atoms with Gasteiger partial charge in [-0.1, -0.05) is 18.4 Å². The molecule has 3 nitrogen and oxygen atoms in total. The van der Waals surface area contributed by atoms with Gasteiger partial charge in [0.25, 0.3) is 0 Å². The van der Waals surface area contributed by atoms with Gasteiger partial charge in [0.05, 0.1) is 11.6 Å². The number of hydrogen-bond acceptors (Lipinski definition) is 3. The first kappa shape index (κ1) is 12.7. The zero-order chi connectivity index (χ0) is 11.3. The van der Waals surface area contributed by atoms with Gasteiger partial charge in [-0.25, -0.2) is 0 Å². The standard InChI is InChI=1S/C12H24N2O/c1-4-15-12(7-5-6-8-12)11(14-13)9-10(2)3/h11,14H,2,4-9,13H2,1,3H3. The third kappa shape index (κ3) is 3.03. The Morgan fingerprint density at radius 1 is 1.53 bits per heavy atom. The molecule has 0 spiro atoms. The van der Waals surface area contributed by atoms with Crippen LogP contribution in [0.5, 0.6) is 0 Å². The van der Waals surface area contributed by atoms with Crippen LogP contribution in [0.3, 0.4) is 0 Å². The van der Waals surface area contributed by atoms with E-state index in [9.17, 15) is 0 Å². The van der Waals surface area contributed by atoms with E-state index in [0.717, 1.165) is 31.4 Å². The second kappa shape index (κ2) is 5.64. The molecule has 88 valence electrons. The van der Waals surface area contributed by atoms with E-state index in [2.05, 4.69) is 18.9 Å². The number of nitrogens with two attached hydrogens (primary N) is 1. The van der Waals surface area contributed by atoms with Crippen molar-refractivity contribution in [3.8, 4) is 0 Å². The predicted octanol–water partition coefficient (Wildman–Crippen LogP) is 2.13. The largest absolute Gasteiger partial charge is 0.374 e. The maximum Gasteiger partial charge on any atom is 0.0851 e. The summed E-state index contributed by atoms with van der Waals surface area (Å²) in [6.07, 6.45) is 5.62. The Hall–Kier alpha value is -0.380. The minimum Gasteiger partial charge on any atom is -0.374 e. The molecule has 0 heterocycles. The molecule has 1 aliphatic rings. The molecule has 0 amide bonds. The summed E-state index contributed by atoms with van der Waals surface area (Å²) in [5, 5.41) is 0. The van der Waals surface area contributed by atoms with Crippen LogP contribution in [0.25, 0.3) is 0 Å². The van der Waals surface area contributed by atoms with E-state index in [0.29, 0.717) is 0 Å². The summed E-state index contributed by atoms with van der Waals surface area (Å²) in [5.74, 6) is 5.65. The zero-order valence-corrected chi connectivity index (χ0v) is 10.0. The average molecular weight is 212 g/mol. The van der Waals surface area contributed by atoms with E-state index < -0.39 is 0 Å². The Bertz CT molecular complexity index is 210. The fraction of sp³-hybridized carbons (Fsp3) is 0.833. The number of rotatable bonds is 6. The Balaban J connectivity index is 2.70. The smallest absolute Gasteiger partial charge is 0.0851 e. The number of ether oxygens (including phenoxy) is 1. The number of hydrogen-bond donors (Lipinski definition) is 2. The maximum absolute atomic E-state index is 5.96. The van der Waals surface area contributed by atoms with Crippen LogP contribution in [0.4, 0.5) is 0 Å². The van der Waals surface area contributed by atoms with Crippen LogP contribution in [0.2, 0.25) is 0 Å². The van der Waals surface area contributed by atoms with Crippen LogP contribution in [0.15, 0.2) is 12.2 Å². The lowest BCUT2D eigenvalue weighted by atomic mass is 9.88. The molecule has 0 radical (unpaired) electrons. The molecule has 0 bridgehead atoms. The van der Waals surface area contributed by atoms with Gasteiger partial charge in [-0.15, -0.1) is 6.58 Å².